The first-order chi connectivity index (χ1) is 11.5. The molecule has 124 valence electrons. The summed E-state index contributed by atoms with van der Waals surface area (Å²) in [5.74, 6) is 0.825. The first-order valence-electron chi connectivity index (χ1n) is 6.95. The molecule has 0 bridgehead atoms. The van der Waals surface area contributed by atoms with Crippen molar-refractivity contribution in [2.24, 2.45) is 0 Å². The molecule has 0 N–H and O–H groups in total. The first-order valence-corrected chi connectivity index (χ1v) is 7.70. The lowest BCUT2D eigenvalue weighted by Crippen LogP contribution is -2.10. The largest absolute Gasteiger partial charge is 0.488 e. The van der Waals surface area contributed by atoms with Gasteiger partial charge in [-0.3, -0.25) is 9.59 Å². The van der Waals surface area contributed by atoms with Crippen LogP contribution in [0.25, 0.3) is 0 Å². The molecule has 0 amide bonds. The van der Waals surface area contributed by atoms with Crippen LogP contribution in [0.1, 0.15) is 20.7 Å². The molecule has 0 atom stereocenters. The number of carbonyl (C=O) groups is 2. The monoisotopic (exact) mass is 364 g/mol. The second-order valence-corrected chi connectivity index (χ2v) is 5.80. The van der Waals surface area contributed by atoms with E-state index in [0.717, 1.165) is 0 Å². The van der Waals surface area contributed by atoms with E-state index in [2.05, 4.69) is 6.58 Å². The Kier molecular flexibility index (Phi) is 6.41. The number of ether oxygens (including phenoxy) is 2. The van der Waals surface area contributed by atoms with E-state index < -0.39 is 0 Å². The van der Waals surface area contributed by atoms with Gasteiger partial charge in [0.1, 0.15) is 24.7 Å². The van der Waals surface area contributed by atoms with E-state index in [-0.39, 0.29) is 13.2 Å². The van der Waals surface area contributed by atoms with Crippen molar-refractivity contribution in [3.63, 3.8) is 0 Å². The molecule has 0 saturated heterocycles. The van der Waals surface area contributed by atoms with Gasteiger partial charge >= 0.3 is 0 Å². The van der Waals surface area contributed by atoms with E-state index in [4.69, 9.17) is 32.7 Å². The number of aldehydes is 2. The van der Waals surface area contributed by atoms with Crippen LogP contribution in [0, 0.1) is 0 Å². The molecule has 2 aromatic carbocycles. The smallest absolute Gasteiger partial charge is 0.153 e. The summed E-state index contributed by atoms with van der Waals surface area (Å²) in [7, 11) is 0. The standard InChI is InChI=1S/C18H14Cl2O4/c1-12(10-23-17-4-2-15(19)6-13(17)8-21)11-24-18-5-3-16(20)7-14(18)9-22/h2-9H,1,10-11H2. The zero-order valence-electron chi connectivity index (χ0n) is 12.6. The maximum Gasteiger partial charge on any atom is 0.153 e. The summed E-state index contributed by atoms with van der Waals surface area (Å²) >= 11 is 11.7. The summed E-state index contributed by atoms with van der Waals surface area (Å²) in [6.45, 7) is 4.17. The van der Waals surface area contributed by atoms with Gasteiger partial charge < -0.3 is 9.47 Å². The van der Waals surface area contributed by atoms with Crippen LogP contribution in [0.2, 0.25) is 10.0 Å². The summed E-state index contributed by atoms with van der Waals surface area (Å²) < 4.78 is 11.1. The Hall–Kier alpha value is -2.30. The molecule has 2 rings (SSSR count). The number of hydrogen-bond acceptors (Lipinski definition) is 4. The predicted molar refractivity (Wildman–Crippen MR) is 93.8 cm³/mol. The highest BCUT2D eigenvalue weighted by Gasteiger charge is 2.07. The topological polar surface area (TPSA) is 52.6 Å². The number of halogens is 2. The van der Waals surface area contributed by atoms with Crippen LogP contribution in [0.4, 0.5) is 0 Å². The number of hydrogen-bond donors (Lipinski definition) is 0. The van der Waals surface area contributed by atoms with Gasteiger partial charge in [0.25, 0.3) is 0 Å². The van der Waals surface area contributed by atoms with E-state index >= 15 is 0 Å². The molecule has 2 aromatic rings. The van der Waals surface area contributed by atoms with Crippen molar-refractivity contribution in [3.8, 4) is 11.5 Å². The molecule has 0 radical (unpaired) electrons. The molecule has 0 fully saturated rings. The second kappa shape index (κ2) is 8.52. The molecule has 0 heterocycles. The normalized spacial score (nSPS) is 10.1. The Labute approximate surface area is 149 Å². The Balaban J connectivity index is 1.93. The minimum atomic E-state index is 0.159. The van der Waals surface area contributed by atoms with Gasteiger partial charge in [0.05, 0.1) is 11.1 Å². The maximum atomic E-state index is 11.0. The van der Waals surface area contributed by atoms with Gasteiger partial charge in [0.2, 0.25) is 0 Å². The fourth-order valence-corrected chi connectivity index (χ4v) is 2.25. The number of benzene rings is 2. The zero-order valence-corrected chi connectivity index (χ0v) is 14.1. The SMILES string of the molecule is C=C(COc1ccc(Cl)cc1C=O)COc1ccc(Cl)cc1C=O. The molecular weight excluding hydrogens is 351 g/mol. The molecule has 0 aliphatic carbocycles. The van der Waals surface area contributed by atoms with E-state index in [1.54, 1.807) is 24.3 Å². The van der Waals surface area contributed by atoms with Gasteiger partial charge in [-0.25, -0.2) is 0 Å². The molecule has 0 saturated carbocycles. The van der Waals surface area contributed by atoms with Crippen molar-refractivity contribution in [1.29, 1.82) is 0 Å². The van der Waals surface area contributed by atoms with E-state index in [0.29, 0.717) is 50.8 Å². The van der Waals surface area contributed by atoms with Crippen molar-refractivity contribution in [1.82, 2.24) is 0 Å². The molecular formula is C18H14Cl2O4. The second-order valence-electron chi connectivity index (χ2n) is 4.93. The maximum absolute atomic E-state index is 11.0. The van der Waals surface area contributed by atoms with Gasteiger partial charge in [0.15, 0.2) is 12.6 Å². The molecule has 0 unspecified atom stereocenters. The molecule has 4 nitrogen and oxygen atoms in total. The van der Waals surface area contributed by atoms with Crippen LogP contribution in [-0.2, 0) is 0 Å². The fraction of sp³-hybridized carbons (Fsp3) is 0.111. The highest BCUT2D eigenvalue weighted by Crippen LogP contribution is 2.23. The zero-order chi connectivity index (χ0) is 17.5. The Morgan fingerprint density at radius 3 is 1.67 bits per heavy atom. The van der Waals surface area contributed by atoms with Crippen LogP contribution >= 0.6 is 23.2 Å². The quantitative estimate of drug-likeness (QED) is 0.506. The molecule has 0 spiro atoms. The summed E-state index contributed by atoms with van der Waals surface area (Å²) in [4.78, 5) is 22.0. The van der Waals surface area contributed by atoms with Crippen LogP contribution < -0.4 is 9.47 Å². The van der Waals surface area contributed by atoms with Gasteiger partial charge in [-0.05, 0) is 42.0 Å². The first kappa shape index (κ1) is 18.0. The van der Waals surface area contributed by atoms with Crippen molar-refractivity contribution >= 4 is 35.8 Å². The molecule has 0 aliphatic heterocycles. The molecule has 6 heteroatoms. The lowest BCUT2D eigenvalue weighted by atomic mass is 10.2. The van der Waals surface area contributed by atoms with Crippen molar-refractivity contribution in [2.45, 2.75) is 0 Å². The lowest BCUT2D eigenvalue weighted by Gasteiger charge is -2.13. The van der Waals surface area contributed by atoms with Crippen LogP contribution in [0.3, 0.4) is 0 Å². The Bertz CT molecular complexity index is 708. The highest BCUT2D eigenvalue weighted by atomic mass is 35.5. The van der Waals surface area contributed by atoms with E-state index in [9.17, 15) is 9.59 Å². The predicted octanol–water partition coefficient (Wildman–Crippen LogP) is 4.63. The number of rotatable bonds is 8. The van der Waals surface area contributed by atoms with Gasteiger partial charge in [-0.15, -0.1) is 0 Å². The summed E-state index contributed by atoms with van der Waals surface area (Å²) in [6.07, 6.45) is 1.34. The summed E-state index contributed by atoms with van der Waals surface area (Å²) in [5.41, 5.74) is 1.35. The van der Waals surface area contributed by atoms with Crippen molar-refractivity contribution in [2.75, 3.05) is 13.2 Å². The van der Waals surface area contributed by atoms with Crippen molar-refractivity contribution in [3.05, 3.63) is 69.7 Å². The van der Waals surface area contributed by atoms with Gasteiger partial charge in [-0.2, -0.15) is 0 Å². The van der Waals surface area contributed by atoms with Crippen molar-refractivity contribution < 1.29 is 19.1 Å². The lowest BCUT2D eigenvalue weighted by molar-refractivity contribution is 0.111. The van der Waals surface area contributed by atoms with E-state index in [1.165, 1.54) is 12.1 Å². The van der Waals surface area contributed by atoms with Gasteiger partial charge in [-0.1, -0.05) is 29.8 Å². The van der Waals surface area contributed by atoms with Gasteiger partial charge in [0, 0.05) is 10.0 Å². The van der Waals surface area contributed by atoms with Crippen LogP contribution in [0.5, 0.6) is 11.5 Å². The molecule has 0 aromatic heterocycles. The summed E-state index contributed by atoms with van der Waals surface area (Å²) in [5, 5.41) is 0.909. The average Bonchev–Trinajstić information content (AvgIpc) is 2.59. The van der Waals surface area contributed by atoms with Crippen LogP contribution in [0.15, 0.2) is 48.6 Å². The minimum Gasteiger partial charge on any atom is -0.488 e. The van der Waals surface area contributed by atoms with E-state index in [1.807, 2.05) is 0 Å². The molecule has 0 aliphatic rings. The average molecular weight is 365 g/mol. The Morgan fingerprint density at radius 2 is 1.29 bits per heavy atom. The summed E-state index contributed by atoms with van der Waals surface area (Å²) in [6, 6.07) is 9.54. The minimum absolute atomic E-state index is 0.159. The van der Waals surface area contributed by atoms with Crippen LogP contribution in [-0.4, -0.2) is 25.8 Å². The third kappa shape index (κ3) is 4.85. The third-order valence-corrected chi connectivity index (χ3v) is 3.53. The fourth-order valence-electron chi connectivity index (χ4n) is 1.89. The highest BCUT2D eigenvalue weighted by molar-refractivity contribution is 6.31. The third-order valence-electron chi connectivity index (χ3n) is 3.06. The molecule has 24 heavy (non-hydrogen) atoms. The Morgan fingerprint density at radius 1 is 0.875 bits per heavy atom. The number of carbonyl (C=O) groups excluding carboxylic acids is 2.